The minimum Gasteiger partial charge on any atom is -0.255 e. The number of pyridine rings is 1. The van der Waals surface area contributed by atoms with E-state index in [1.165, 1.54) is 0 Å². The van der Waals surface area contributed by atoms with E-state index in [1.54, 1.807) is 6.20 Å². The van der Waals surface area contributed by atoms with E-state index in [4.69, 9.17) is 11.6 Å². The average molecular weight is 299 g/mol. The van der Waals surface area contributed by atoms with E-state index >= 15 is 0 Å². The summed E-state index contributed by atoms with van der Waals surface area (Å²) in [6.45, 7) is 6.48. The van der Waals surface area contributed by atoms with Crippen molar-refractivity contribution in [3.63, 3.8) is 0 Å². The Labute approximate surface area is 109 Å². The minimum atomic E-state index is 0.0130. The molecule has 0 aliphatic heterocycles. The van der Waals surface area contributed by atoms with Gasteiger partial charge in [0.1, 0.15) is 0 Å². The molecule has 1 heterocycles. The monoisotopic (exact) mass is 297 g/mol. The quantitative estimate of drug-likeness (QED) is 0.670. The van der Waals surface area contributed by atoms with Crippen molar-refractivity contribution in [2.24, 2.45) is 0 Å². The molecular formula is C13H13BrClN. The van der Waals surface area contributed by atoms with Crippen LogP contribution in [-0.4, -0.2) is 4.98 Å². The van der Waals surface area contributed by atoms with Gasteiger partial charge in [-0.3, -0.25) is 4.98 Å². The third kappa shape index (κ3) is 2.09. The van der Waals surface area contributed by atoms with E-state index in [0.717, 1.165) is 26.0 Å². The molecule has 84 valence electrons. The summed E-state index contributed by atoms with van der Waals surface area (Å²) in [6, 6.07) is 6.08. The van der Waals surface area contributed by atoms with Gasteiger partial charge in [0.2, 0.25) is 0 Å². The second kappa shape index (κ2) is 4.01. The topological polar surface area (TPSA) is 12.9 Å². The van der Waals surface area contributed by atoms with Crippen LogP contribution in [-0.2, 0) is 5.41 Å². The van der Waals surface area contributed by atoms with Crippen molar-refractivity contribution in [3.05, 3.63) is 39.5 Å². The van der Waals surface area contributed by atoms with Crippen LogP contribution in [0.5, 0.6) is 0 Å². The fourth-order valence-electron chi connectivity index (χ4n) is 1.90. The summed E-state index contributed by atoms with van der Waals surface area (Å²) in [5, 5.41) is 1.85. The molecule has 1 nitrogen and oxygen atoms in total. The highest BCUT2D eigenvalue weighted by Gasteiger charge is 2.20. The van der Waals surface area contributed by atoms with Gasteiger partial charge in [-0.05, 0) is 29.2 Å². The molecule has 0 aliphatic rings. The highest BCUT2D eigenvalue weighted by atomic mass is 79.9. The molecule has 0 fully saturated rings. The predicted octanol–water partition coefficient (Wildman–Crippen LogP) is 4.95. The third-order valence-electron chi connectivity index (χ3n) is 2.53. The maximum atomic E-state index is 6.26. The van der Waals surface area contributed by atoms with Gasteiger partial charge in [0.15, 0.2) is 0 Å². The first kappa shape index (κ1) is 11.9. The minimum absolute atomic E-state index is 0.0130. The maximum Gasteiger partial charge on any atom is 0.0706 e. The summed E-state index contributed by atoms with van der Waals surface area (Å²) in [5.74, 6) is 0. The van der Waals surface area contributed by atoms with E-state index < -0.39 is 0 Å². The van der Waals surface area contributed by atoms with Crippen LogP contribution in [0.4, 0.5) is 0 Å². The van der Waals surface area contributed by atoms with Crippen molar-refractivity contribution in [2.75, 3.05) is 0 Å². The Hall–Kier alpha value is -0.600. The van der Waals surface area contributed by atoms with Gasteiger partial charge < -0.3 is 0 Å². The molecule has 0 saturated heterocycles. The van der Waals surface area contributed by atoms with Crippen molar-refractivity contribution in [1.82, 2.24) is 4.98 Å². The van der Waals surface area contributed by atoms with Gasteiger partial charge in [0.25, 0.3) is 0 Å². The van der Waals surface area contributed by atoms with Crippen LogP contribution in [0.25, 0.3) is 10.9 Å². The number of hydrogen-bond acceptors (Lipinski definition) is 1. The summed E-state index contributed by atoms with van der Waals surface area (Å²) in [6.07, 6.45) is 1.73. The van der Waals surface area contributed by atoms with E-state index in [0.29, 0.717) is 0 Å². The van der Waals surface area contributed by atoms with Crippen LogP contribution in [0.1, 0.15) is 26.3 Å². The SMILES string of the molecule is CC(C)(C)c1c(Cl)cnc2ccc(Br)cc12. The summed E-state index contributed by atoms with van der Waals surface area (Å²) in [7, 11) is 0. The molecule has 0 unspecified atom stereocenters. The average Bonchev–Trinajstić information content (AvgIpc) is 2.14. The van der Waals surface area contributed by atoms with E-state index in [2.05, 4.69) is 47.8 Å². The smallest absolute Gasteiger partial charge is 0.0706 e. The molecule has 0 N–H and O–H groups in total. The van der Waals surface area contributed by atoms with Gasteiger partial charge in [-0.15, -0.1) is 0 Å². The molecule has 16 heavy (non-hydrogen) atoms. The van der Waals surface area contributed by atoms with Gasteiger partial charge in [0, 0.05) is 16.1 Å². The first-order chi connectivity index (χ1) is 7.39. The van der Waals surface area contributed by atoms with Crippen molar-refractivity contribution in [3.8, 4) is 0 Å². The Kier molecular flexibility index (Phi) is 2.97. The molecule has 2 rings (SSSR count). The van der Waals surface area contributed by atoms with Crippen LogP contribution < -0.4 is 0 Å². The van der Waals surface area contributed by atoms with Gasteiger partial charge in [-0.2, -0.15) is 0 Å². The highest BCUT2D eigenvalue weighted by Crippen LogP contribution is 2.35. The number of halogens is 2. The molecule has 0 spiro atoms. The lowest BCUT2D eigenvalue weighted by Gasteiger charge is -2.22. The van der Waals surface area contributed by atoms with Crippen LogP contribution >= 0.6 is 27.5 Å². The molecule has 0 radical (unpaired) electrons. The summed E-state index contributed by atoms with van der Waals surface area (Å²) < 4.78 is 1.05. The van der Waals surface area contributed by atoms with E-state index in [-0.39, 0.29) is 5.41 Å². The molecule has 0 saturated carbocycles. The van der Waals surface area contributed by atoms with Gasteiger partial charge in [0.05, 0.1) is 10.5 Å². The Morgan fingerprint density at radius 2 is 1.94 bits per heavy atom. The van der Waals surface area contributed by atoms with Crippen LogP contribution in [0.2, 0.25) is 5.02 Å². The van der Waals surface area contributed by atoms with Crippen molar-refractivity contribution in [1.29, 1.82) is 0 Å². The summed E-state index contributed by atoms with van der Waals surface area (Å²) in [5.41, 5.74) is 2.15. The molecule has 0 atom stereocenters. The highest BCUT2D eigenvalue weighted by molar-refractivity contribution is 9.10. The summed E-state index contributed by atoms with van der Waals surface area (Å²) in [4.78, 5) is 4.34. The lowest BCUT2D eigenvalue weighted by molar-refractivity contribution is 0.595. The fourth-order valence-corrected chi connectivity index (χ4v) is 2.70. The van der Waals surface area contributed by atoms with Gasteiger partial charge in [-0.1, -0.05) is 48.3 Å². The standard InChI is InChI=1S/C13H13BrClN/c1-13(2,3)12-9-6-8(14)4-5-11(9)16-7-10(12)15/h4-7H,1-3H3. The molecular weight excluding hydrogens is 286 g/mol. The second-order valence-corrected chi connectivity index (χ2v) is 6.22. The molecule has 0 bridgehead atoms. The van der Waals surface area contributed by atoms with Gasteiger partial charge >= 0.3 is 0 Å². The Morgan fingerprint density at radius 1 is 1.25 bits per heavy atom. The lowest BCUT2D eigenvalue weighted by atomic mass is 9.85. The maximum absolute atomic E-state index is 6.26. The number of hydrogen-bond donors (Lipinski definition) is 0. The molecule has 1 aromatic heterocycles. The molecule has 0 amide bonds. The Morgan fingerprint density at radius 3 is 2.56 bits per heavy atom. The molecule has 2 aromatic rings. The number of aromatic nitrogens is 1. The number of benzene rings is 1. The molecule has 1 aromatic carbocycles. The van der Waals surface area contributed by atoms with Crippen LogP contribution in [0.15, 0.2) is 28.9 Å². The van der Waals surface area contributed by atoms with Crippen molar-refractivity contribution >= 4 is 38.4 Å². The molecule has 0 aliphatic carbocycles. The Bertz CT molecular complexity index is 538. The largest absolute Gasteiger partial charge is 0.255 e. The fraction of sp³-hybridized carbons (Fsp3) is 0.308. The Balaban J connectivity index is 2.88. The zero-order chi connectivity index (χ0) is 11.9. The number of nitrogens with zero attached hydrogens (tertiary/aromatic N) is 1. The zero-order valence-corrected chi connectivity index (χ0v) is 11.9. The van der Waals surface area contributed by atoms with E-state index in [9.17, 15) is 0 Å². The molecule has 3 heteroatoms. The first-order valence-corrected chi connectivity index (χ1v) is 6.31. The van der Waals surface area contributed by atoms with Crippen molar-refractivity contribution < 1.29 is 0 Å². The second-order valence-electron chi connectivity index (χ2n) is 4.89. The normalized spacial score (nSPS) is 12.1. The van der Waals surface area contributed by atoms with Crippen molar-refractivity contribution in [2.45, 2.75) is 26.2 Å². The number of fused-ring (bicyclic) bond motifs is 1. The van der Waals surface area contributed by atoms with E-state index in [1.807, 2.05) is 12.1 Å². The third-order valence-corrected chi connectivity index (χ3v) is 3.31. The van der Waals surface area contributed by atoms with Crippen LogP contribution in [0.3, 0.4) is 0 Å². The predicted molar refractivity (Wildman–Crippen MR) is 73.2 cm³/mol. The number of rotatable bonds is 0. The van der Waals surface area contributed by atoms with Crippen LogP contribution in [0, 0.1) is 0 Å². The van der Waals surface area contributed by atoms with Gasteiger partial charge in [-0.25, -0.2) is 0 Å². The zero-order valence-electron chi connectivity index (χ0n) is 9.51. The lowest BCUT2D eigenvalue weighted by Crippen LogP contribution is -2.13. The first-order valence-electron chi connectivity index (χ1n) is 5.14. The summed E-state index contributed by atoms with van der Waals surface area (Å²) >= 11 is 9.75.